The lowest BCUT2D eigenvalue weighted by molar-refractivity contribution is 0.0573. The van der Waals surface area contributed by atoms with E-state index in [0.717, 1.165) is 32.7 Å². The largest absolute Gasteiger partial charge is 0.390 e. The van der Waals surface area contributed by atoms with Crippen molar-refractivity contribution < 1.29 is 5.11 Å². The smallest absolute Gasteiger partial charge is 0.0791 e. The first-order valence-electron chi connectivity index (χ1n) is 5.94. The molecule has 1 saturated heterocycles. The molecule has 0 amide bonds. The van der Waals surface area contributed by atoms with E-state index in [-0.39, 0.29) is 6.10 Å². The third kappa shape index (κ3) is 4.47. The molecule has 0 aromatic heterocycles. The standard InChI is InChI=1S/C11H25N3O/c1-4-12-7-11(15)9-14-6-5-13(3)10(2)8-14/h10-12,15H,4-9H2,1-3H3. The van der Waals surface area contributed by atoms with Gasteiger partial charge in [-0.3, -0.25) is 4.90 Å². The Bertz CT molecular complexity index is 177. The van der Waals surface area contributed by atoms with Crippen molar-refractivity contribution in [3.63, 3.8) is 0 Å². The van der Waals surface area contributed by atoms with E-state index in [1.807, 2.05) is 0 Å². The van der Waals surface area contributed by atoms with Crippen LogP contribution in [0.15, 0.2) is 0 Å². The van der Waals surface area contributed by atoms with Crippen molar-refractivity contribution in [3.05, 3.63) is 0 Å². The molecule has 0 radical (unpaired) electrons. The minimum absolute atomic E-state index is 0.236. The summed E-state index contributed by atoms with van der Waals surface area (Å²) >= 11 is 0. The van der Waals surface area contributed by atoms with Crippen molar-refractivity contribution in [1.29, 1.82) is 0 Å². The summed E-state index contributed by atoms with van der Waals surface area (Å²) in [6.45, 7) is 9.98. The van der Waals surface area contributed by atoms with Crippen LogP contribution < -0.4 is 5.32 Å². The number of piperazine rings is 1. The third-order valence-electron chi connectivity index (χ3n) is 3.14. The van der Waals surface area contributed by atoms with Gasteiger partial charge in [-0.05, 0) is 20.5 Å². The summed E-state index contributed by atoms with van der Waals surface area (Å²) in [5.41, 5.74) is 0. The molecule has 4 nitrogen and oxygen atoms in total. The second-order valence-electron chi connectivity index (χ2n) is 4.55. The molecule has 90 valence electrons. The van der Waals surface area contributed by atoms with Crippen LogP contribution in [-0.2, 0) is 0 Å². The number of hydrogen-bond donors (Lipinski definition) is 2. The number of nitrogens with one attached hydrogen (secondary N) is 1. The van der Waals surface area contributed by atoms with Crippen LogP contribution in [0.3, 0.4) is 0 Å². The van der Waals surface area contributed by atoms with Crippen LogP contribution in [0, 0.1) is 0 Å². The summed E-state index contributed by atoms with van der Waals surface area (Å²) in [6.07, 6.45) is -0.236. The van der Waals surface area contributed by atoms with Crippen LogP contribution in [-0.4, -0.2) is 73.4 Å². The number of hydrogen-bond acceptors (Lipinski definition) is 4. The van der Waals surface area contributed by atoms with Gasteiger partial charge in [-0.25, -0.2) is 0 Å². The lowest BCUT2D eigenvalue weighted by Gasteiger charge is -2.38. The summed E-state index contributed by atoms with van der Waals surface area (Å²) in [6, 6.07) is 0.602. The Morgan fingerprint density at radius 1 is 1.47 bits per heavy atom. The van der Waals surface area contributed by atoms with Gasteiger partial charge in [0.05, 0.1) is 6.10 Å². The van der Waals surface area contributed by atoms with E-state index in [2.05, 4.69) is 36.0 Å². The Morgan fingerprint density at radius 3 is 2.80 bits per heavy atom. The average molecular weight is 215 g/mol. The Balaban J connectivity index is 2.21. The lowest BCUT2D eigenvalue weighted by Crippen LogP contribution is -2.52. The zero-order chi connectivity index (χ0) is 11.3. The molecule has 4 heteroatoms. The Hall–Kier alpha value is -0.160. The molecule has 0 aliphatic carbocycles. The fourth-order valence-electron chi connectivity index (χ4n) is 1.96. The van der Waals surface area contributed by atoms with E-state index in [1.165, 1.54) is 0 Å². The highest BCUT2D eigenvalue weighted by molar-refractivity contribution is 4.78. The zero-order valence-electron chi connectivity index (χ0n) is 10.2. The Kier molecular flexibility index (Phi) is 5.53. The molecule has 0 bridgehead atoms. The highest BCUT2D eigenvalue weighted by Crippen LogP contribution is 2.06. The summed E-state index contributed by atoms with van der Waals surface area (Å²) in [4.78, 5) is 4.72. The van der Waals surface area contributed by atoms with Crippen LogP contribution in [0.5, 0.6) is 0 Å². The second kappa shape index (κ2) is 6.43. The molecule has 15 heavy (non-hydrogen) atoms. The molecule has 0 spiro atoms. The van der Waals surface area contributed by atoms with Gasteiger partial charge in [-0.1, -0.05) is 6.92 Å². The minimum Gasteiger partial charge on any atom is -0.390 e. The maximum absolute atomic E-state index is 9.77. The topological polar surface area (TPSA) is 38.7 Å². The number of nitrogens with zero attached hydrogens (tertiary/aromatic N) is 2. The van der Waals surface area contributed by atoms with Gasteiger partial charge in [0.1, 0.15) is 0 Å². The summed E-state index contributed by atoms with van der Waals surface area (Å²) in [7, 11) is 2.16. The quantitative estimate of drug-likeness (QED) is 0.654. The normalized spacial score (nSPS) is 26.8. The first-order chi connectivity index (χ1) is 7.13. The Morgan fingerprint density at radius 2 is 2.20 bits per heavy atom. The highest BCUT2D eigenvalue weighted by atomic mass is 16.3. The molecule has 2 unspecified atom stereocenters. The summed E-state index contributed by atoms with van der Waals surface area (Å²) < 4.78 is 0. The maximum atomic E-state index is 9.77. The molecule has 2 N–H and O–H groups in total. The molecular formula is C11H25N3O. The van der Waals surface area contributed by atoms with Gasteiger partial charge >= 0.3 is 0 Å². The molecule has 2 atom stereocenters. The molecule has 1 aliphatic rings. The van der Waals surface area contributed by atoms with Crippen molar-refractivity contribution in [3.8, 4) is 0 Å². The molecule has 1 rings (SSSR count). The van der Waals surface area contributed by atoms with Crippen molar-refractivity contribution in [2.45, 2.75) is 26.0 Å². The van der Waals surface area contributed by atoms with Crippen LogP contribution in [0.1, 0.15) is 13.8 Å². The van der Waals surface area contributed by atoms with Crippen molar-refractivity contribution in [1.82, 2.24) is 15.1 Å². The fourth-order valence-corrected chi connectivity index (χ4v) is 1.96. The minimum atomic E-state index is -0.236. The van der Waals surface area contributed by atoms with Crippen molar-refractivity contribution >= 4 is 0 Å². The molecule has 1 aliphatic heterocycles. The van der Waals surface area contributed by atoms with Gasteiger partial charge in [0.25, 0.3) is 0 Å². The van der Waals surface area contributed by atoms with Gasteiger partial charge in [-0.15, -0.1) is 0 Å². The first-order valence-corrected chi connectivity index (χ1v) is 5.94. The molecule has 0 aromatic rings. The van der Waals surface area contributed by atoms with Crippen LogP contribution in [0.4, 0.5) is 0 Å². The lowest BCUT2D eigenvalue weighted by atomic mass is 10.2. The number of aliphatic hydroxyl groups is 1. The van der Waals surface area contributed by atoms with Gasteiger partial charge in [0.2, 0.25) is 0 Å². The van der Waals surface area contributed by atoms with E-state index in [4.69, 9.17) is 0 Å². The van der Waals surface area contributed by atoms with Gasteiger partial charge in [0.15, 0.2) is 0 Å². The van der Waals surface area contributed by atoms with Crippen LogP contribution >= 0.6 is 0 Å². The monoisotopic (exact) mass is 215 g/mol. The fraction of sp³-hybridized carbons (Fsp3) is 1.00. The second-order valence-corrected chi connectivity index (χ2v) is 4.55. The van der Waals surface area contributed by atoms with E-state index in [9.17, 15) is 5.11 Å². The number of rotatable bonds is 5. The van der Waals surface area contributed by atoms with Gasteiger partial charge < -0.3 is 15.3 Å². The predicted octanol–water partition coefficient (Wildman–Crippen LogP) is -0.407. The summed E-state index contributed by atoms with van der Waals surface area (Å²) in [5, 5.41) is 12.9. The third-order valence-corrected chi connectivity index (χ3v) is 3.14. The molecule has 1 heterocycles. The van der Waals surface area contributed by atoms with Crippen molar-refractivity contribution in [2.75, 3.05) is 46.3 Å². The average Bonchev–Trinajstić information content (AvgIpc) is 2.20. The molecular weight excluding hydrogens is 190 g/mol. The SMILES string of the molecule is CCNCC(O)CN1CCN(C)C(C)C1. The van der Waals surface area contributed by atoms with Crippen LogP contribution in [0.25, 0.3) is 0 Å². The molecule has 0 saturated carbocycles. The van der Waals surface area contributed by atoms with E-state index in [1.54, 1.807) is 0 Å². The van der Waals surface area contributed by atoms with E-state index >= 15 is 0 Å². The predicted molar refractivity (Wildman–Crippen MR) is 63.1 cm³/mol. The van der Waals surface area contributed by atoms with E-state index in [0.29, 0.717) is 12.6 Å². The summed E-state index contributed by atoms with van der Waals surface area (Å²) in [5.74, 6) is 0. The zero-order valence-corrected chi connectivity index (χ0v) is 10.2. The van der Waals surface area contributed by atoms with Crippen molar-refractivity contribution in [2.24, 2.45) is 0 Å². The Labute approximate surface area is 93.2 Å². The molecule has 1 fully saturated rings. The van der Waals surface area contributed by atoms with Crippen LogP contribution in [0.2, 0.25) is 0 Å². The maximum Gasteiger partial charge on any atom is 0.0791 e. The number of likely N-dealkylation sites (N-methyl/N-ethyl adjacent to an activating group) is 2. The van der Waals surface area contributed by atoms with Gasteiger partial charge in [0, 0.05) is 38.8 Å². The number of β-amino-alcohol motifs (C(OH)–C–C–N with tert-alkyl or cyclic N) is 1. The highest BCUT2D eigenvalue weighted by Gasteiger charge is 2.21. The van der Waals surface area contributed by atoms with E-state index < -0.39 is 0 Å². The number of aliphatic hydroxyl groups excluding tert-OH is 1. The molecule has 0 aromatic carbocycles. The van der Waals surface area contributed by atoms with Gasteiger partial charge in [-0.2, -0.15) is 0 Å². The first kappa shape index (κ1) is 12.9.